The summed E-state index contributed by atoms with van der Waals surface area (Å²) in [5.74, 6) is 2.22. The van der Waals surface area contributed by atoms with Crippen LogP contribution in [0.3, 0.4) is 0 Å². The van der Waals surface area contributed by atoms with E-state index in [4.69, 9.17) is 4.42 Å². The molecule has 3 N–H and O–H groups in total. The van der Waals surface area contributed by atoms with Gasteiger partial charge in [0.15, 0.2) is 5.96 Å². The van der Waals surface area contributed by atoms with Crippen molar-refractivity contribution in [2.45, 2.75) is 46.8 Å². The number of rotatable bonds is 6. The maximum Gasteiger partial charge on any atom is 0.191 e. The van der Waals surface area contributed by atoms with Crippen LogP contribution in [0.15, 0.2) is 39.7 Å². The SMILES string of the molecule is CCNC(=NCc1ccc(C)cc1)NCC(C)(O)c1cc(C)oc1C.I. The third kappa shape index (κ3) is 6.32. The van der Waals surface area contributed by atoms with Gasteiger partial charge >= 0.3 is 0 Å². The van der Waals surface area contributed by atoms with E-state index >= 15 is 0 Å². The van der Waals surface area contributed by atoms with Crippen molar-refractivity contribution in [3.05, 3.63) is 58.5 Å². The average molecular weight is 471 g/mol. The van der Waals surface area contributed by atoms with Crippen molar-refractivity contribution < 1.29 is 9.52 Å². The molecule has 0 aliphatic heterocycles. The van der Waals surface area contributed by atoms with E-state index in [0.717, 1.165) is 29.2 Å². The first-order valence-electron chi connectivity index (χ1n) is 8.69. The molecule has 0 aliphatic carbocycles. The van der Waals surface area contributed by atoms with Crippen LogP contribution in [-0.4, -0.2) is 24.2 Å². The van der Waals surface area contributed by atoms with Crippen molar-refractivity contribution in [1.29, 1.82) is 0 Å². The lowest BCUT2D eigenvalue weighted by molar-refractivity contribution is 0.0601. The van der Waals surface area contributed by atoms with Gasteiger partial charge in [-0.05, 0) is 46.2 Å². The molecular formula is C20H30IN3O2. The zero-order valence-corrected chi connectivity index (χ0v) is 18.5. The van der Waals surface area contributed by atoms with Crippen molar-refractivity contribution in [2.24, 2.45) is 4.99 Å². The Morgan fingerprint density at radius 2 is 1.81 bits per heavy atom. The number of hydrogen-bond donors (Lipinski definition) is 3. The number of halogens is 1. The minimum absolute atomic E-state index is 0. The molecule has 2 aromatic rings. The molecule has 1 atom stereocenters. The number of aryl methyl sites for hydroxylation is 3. The van der Waals surface area contributed by atoms with Crippen molar-refractivity contribution in [1.82, 2.24) is 10.6 Å². The van der Waals surface area contributed by atoms with Gasteiger partial charge in [0, 0.05) is 12.1 Å². The van der Waals surface area contributed by atoms with Crippen LogP contribution in [0, 0.1) is 20.8 Å². The molecular weight excluding hydrogens is 441 g/mol. The highest BCUT2D eigenvalue weighted by atomic mass is 127. The summed E-state index contributed by atoms with van der Waals surface area (Å²) in [5.41, 5.74) is 2.14. The van der Waals surface area contributed by atoms with Crippen LogP contribution in [0.4, 0.5) is 0 Å². The van der Waals surface area contributed by atoms with Crippen LogP contribution >= 0.6 is 24.0 Å². The van der Waals surface area contributed by atoms with Gasteiger partial charge in [0.25, 0.3) is 0 Å². The van der Waals surface area contributed by atoms with E-state index in [9.17, 15) is 5.11 Å². The number of guanidine groups is 1. The lowest BCUT2D eigenvalue weighted by atomic mass is 9.96. The highest BCUT2D eigenvalue weighted by molar-refractivity contribution is 14.0. The van der Waals surface area contributed by atoms with E-state index in [1.54, 1.807) is 6.92 Å². The van der Waals surface area contributed by atoms with Gasteiger partial charge in [0.05, 0.1) is 13.1 Å². The summed E-state index contributed by atoms with van der Waals surface area (Å²) in [7, 11) is 0. The summed E-state index contributed by atoms with van der Waals surface area (Å²) in [6.45, 7) is 11.3. The van der Waals surface area contributed by atoms with Gasteiger partial charge in [-0.3, -0.25) is 0 Å². The number of benzene rings is 1. The number of aliphatic imine (C=N–C) groups is 1. The Morgan fingerprint density at radius 3 is 2.35 bits per heavy atom. The molecule has 144 valence electrons. The van der Waals surface area contributed by atoms with Crippen LogP contribution in [0.1, 0.15) is 42.1 Å². The predicted molar refractivity (Wildman–Crippen MR) is 117 cm³/mol. The third-order valence-electron chi connectivity index (χ3n) is 4.11. The van der Waals surface area contributed by atoms with E-state index in [1.807, 2.05) is 26.8 Å². The van der Waals surface area contributed by atoms with E-state index in [-0.39, 0.29) is 24.0 Å². The minimum atomic E-state index is -1.04. The number of nitrogens with one attached hydrogen (secondary N) is 2. The highest BCUT2D eigenvalue weighted by Gasteiger charge is 2.27. The number of aliphatic hydroxyl groups is 1. The first-order valence-corrected chi connectivity index (χ1v) is 8.69. The second-order valence-corrected chi connectivity index (χ2v) is 6.64. The Bertz CT molecular complexity index is 721. The summed E-state index contributed by atoms with van der Waals surface area (Å²) in [4.78, 5) is 4.60. The monoisotopic (exact) mass is 471 g/mol. The quantitative estimate of drug-likeness (QED) is 0.341. The molecule has 0 amide bonds. The molecule has 0 bridgehead atoms. The third-order valence-corrected chi connectivity index (χ3v) is 4.11. The molecule has 0 fully saturated rings. The maximum absolute atomic E-state index is 10.8. The molecule has 26 heavy (non-hydrogen) atoms. The molecule has 2 rings (SSSR count). The van der Waals surface area contributed by atoms with Gasteiger partial charge in [-0.25, -0.2) is 4.99 Å². The van der Waals surface area contributed by atoms with Crippen molar-refractivity contribution in [3.63, 3.8) is 0 Å². The van der Waals surface area contributed by atoms with E-state index in [2.05, 4.69) is 46.8 Å². The van der Waals surface area contributed by atoms with Crippen LogP contribution in [-0.2, 0) is 12.1 Å². The molecule has 0 aliphatic rings. The first-order chi connectivity index (χ1) is 11.8. The Hall–Kier alpha value is -1.54. The lowest BCUT2D eigenvalue weighted by Crippen LogP contribution is -2.44. The summed E-state index contributed by atoms with van der Waals surface area (Å²) in [5, 5.41) is 17.2. The normalized spacial score (nSPS) is 13.7. The molecule has 6 heteroatoms. The standard InChI is InChI=1S/C20H29N3O2.HI/c1-6-21-19(22-12-17-9-7-14(2)8-10-17)23-13-20(5,24)18-11-15(3)25-16(18)4;/h7-11,24H,6,12-13H2,1-5H3,(H2,21,22,23);1H. The molecule has 0 radical (unpaired) electrons. The lowest BCUT2D eigenvalue weighted by Gasteiger charge is -2.24. The smallest absolute Gasteiger partial charge is 0.191 e. The van der Waals surface area contributed by atoms with Crippen molar-refractivity contribution in [2.75, 3.05) is 13.1 Å². The number of nitrogens with zero attached hydrogens (tertiary/aromatic N) is 1. The molecule has 0 saturated carbocycles. The van der Waals surface area contributed by atoms with E-state index in [1.165, 1.54) is 5.56 Å². The highest BCUT2D eigenvalue weighted by Crippen LogP contribution is 2.26. The molecule has 1 aromatic heterocycles. The number of furan rings is 1. The molecule has 1 aromatic carbocycles. The second kappa shape index (κ2) is 9.97. The Labute approximate surface area is 173 Å². The van der Waals surface area contributed by atoms with Crippen LogP contribution < -0.4 is 10.6 Å². The average Bonchev–Trinajstić information content (AvgIpc) is 2.91. The number of hydrogen-bond acceptors (Lipinski definition) is 3. The second-order valence-electron chi connectivity index (χ2n) is 6.64. The summed E-state index contributed by atoms with van der Waals surface area (Å²) in [6, 6.07) is 10.2. The summed E-state index contributed by atoms with van der Waals surface area (Å²) in [6.07, 6.45) is 0. The minimum Gasteiger partial charge on any atom is -0.466 e. The van der Waals surface area contributed by atoms with Crippen molar-refractivity contribution in [3.8, 4) is 0 Å². The van der Waals surface area contributed by atoms with Crippen LogP contribution in [0.5, 0.6) is 0 Å². The molecule has 1 heterocycles. The fraction of sp³-hybridized carbons (Fsp3) is 0.450. The van der Waals surface area contributed by atoms with Gasteiger partial charge in [-0.2, -0.15) is 0 Å². The topological polar surface area (TPSA) is 69.8 Å². The fourth-order valence-electron chi connectivity index (χ4n) is 2.72. The zero-order valence-electron chi connectivity index (χ0n) is 16.2. The molecule has 1 unspecified atom stereocenters. The van der Waals surface area contributed by atoms with Crippen LogP contribution in [0.25, 0.3) is 0 Å². The largest absolute Gasteiger partial charge is 0.466 e. The Balaban J connectivity index is 0.00000338. The van der Waals surface area contributed by atoms with E-state index in [0.29, 0.717) is 19.0 Å². The first kappa shape index (κ1) is 22.5. The summed E-state index contributed by atoms with van der Waals surface area (Å²) < 4.78 is 5.54. The predicted octanol–water partition coefficient (Wildman–Crippen LogP) is 3.79. The van der Waals surface area contributed by atoms with E-state index < -0.39 is 5.60 Å². The molecule has 0 spiro atoms. The molecule has 0 saturated heterocycles. The zero-order chi connectivity index (χ0) is 18.4. The van der Waals surface area contributed by atoms with Crippen molar-refractivity contribution >= 4 is 29.9 Å². The van der Waals surface area contributed by atoms with Gasteiger partial charge in [0.2, 0.25) is 0 Å². The van der Waals surface area contributed by atoms with Crippen LogP contribution in [0.2, 0.25) is 0 Å². The van der Waals surface area contributed by atoms with Gasteiger partial charge in [0.1, 0.15) is 17.1 Å². The Kier molecular flexibility index (Phi) is 8.62. The summed E-state index contributed by atoms with van der Waals surface area (Å²) >= 11 is 0. The van der Waals surface area contributed by atoms with Gasteiger partial charge in [-0.15, -0.1) is 24.0 Å². The maximum atomic E-state index is 10.8. The van der Waals surface area contributed by atoms with Gasteiger partial charge in [-0.1, -0.05) is 29.8 Å². The Morgan fingerprint density at radius 1 is 1.15 bits per heavy atom. The van der Waals surface area contributed by atoms with Gasteiger partial charge < -0.3 is 20.2 Å². The fourth-order valence-corrected chi connectivity index (χ4v) is 2.72. The molecule has 5 nitrogen and oxygen atoms in total.